The number of rotatable bonds is 5. The molecule has 1 N–H and O–H groups in total. The average Bonchev–Trinajstić information content (AvgIpc) is 3.54. The van der Waals surface area contributed by atoms with E-state index in [4.69, 9.17) is 4.98 Å². The molecule has 31 heavy (non-hydrogen) atoms. The highest BCUT2D eigenvalue weighted by molar-refractivity contribution is 7.13. The van der Waals surface area contributed by atoms with Gasteiger partial charge in [-0.15, -0.1) is 11.3 Å². The van der Waals surface area contributed by atoms with Crippen LogP contribution in [0.3, 0.4) is 0 Å². The maximum atomic E-state index is 13.4. The Labute approximate surface area is 182 Å². The smallest absolute Gasteiger partial charge is 0.256 e. The highest BCUT2D eigenvalue weighted by Crippen LogP contribution is 2.29. The summed E-state index contributed by atoms with van der Waals surface area (Å²) in [6.45, 7) is 4.08. The van der Waals surface area contributed by atoms with Crippen LogP contribution in [0.1, 0.15) is 30.2 Å². The molecule has 5 aromatic heterocycles. The number of amides is 1. The first-order chi connectivity index (χ1) is 15.1. The van der Waals surface area contributed by atoms with Crippen LogP contribution in [-0.2, 0) is 0 Å². The lowest BCUT2D eigenvalue weighted by molar-refractivity contribution is 0.102. The maximum Gasteiger partial charge on any atom is 0.256 e. The highest BCUT2D eigenvalue weighted by Gasteiger charge is 2.20. The summed E-state index contributed by atoms with van der Waals surface area (Å²) in [5, 5.41) is 14.4. The number of nitrogens with one attached hydrogen (secondary N) is 1. The number of carbonyl (C=O) groups excluding carboxylic acids is 1. The average molecular weight is 430 g/mol. The Kier molecular flexibility index (Phi) is 4.79. The van der Waals surface area contributed by atoms with Gasteiger partial charge in [-0.2, -0.15) is 10.2 Å². The molecule has 5 aromatic rings. The molecule has 0 aliphatic rings. The molecule has 0 aliphatic carbocycles. The van der Waals surface area contributed by atoms with Crippen molar-refractivity contribution < 1.29 is 4.79 Å². The first-order valence-electron chi connectivity index (χ1n) is 9.80. The Bertz CT molecular complexity index is 1350. The fraction of sp³-hybridized carbons (Fsp3) is 0.136. The van der Waals surface area contributed by atoms with Crippen molar-refractivity contribution in [3.8, 4) is 16.4 Å². The molecule has 0 spiro atoms. The van der Waals surface area contributed by atoms with Crippen LogP contribution < -0.4 is 5.32 Å². The van der Waals surface area contributed by atoms with E-state index in [9.17, 15) is 4.79 Å². The summed E-state index contributed by atoms with van der Waals surface area (Å²) in [4.78, 5) is 23.6. The van der Waals surface area contributed by atoms with Gasteiger partial charge in [-0.1, -0.05) is 6.07 Å². The van der Waals surface area contributed by atoms with Crippen molar-refractivity contribution in [1.82, 2.24) is 29.5 Å². The van der Waals surface area contributed by atoms with Crippen LogP contribution in [0.2, 0.25) is 0 Å². The number of fused-ring (bicyclic) bond motifs is 1. The number of pyridine rings is 2. The van der Waals surface area contributed by atoms with Gasteiger partial charge >= 0.3 is 0 Å². The molecule has 154 valence electrons. The second-order valence-corrected chi connectivity index (χ2v) is 8.18. The number of carbonyl (C=O) groups is 1. The molecular formula is C22H19N7OS. The quantitative estimate of drug-likeness (QED) is 0.442. The van der Waals surface area contributed by atoms with E-state index in [1.807, 2.05) is 42.1 Å². The fourth-order valence-electron chi connectivity index (χ4n) is 3.40. The predicted octanol–water partition coefficient (Wildman–Crippen LogP) is 4.57. The van der Waals surface area contributed by atoms with E-state index in [0.29, 0.717) is 28.1 Å². The molecule has 0 saturated heterocycles. The third kappa shape index (κ3) is 3.49. The Morgan fingerprint density at radius 3 is 2.77 bits per heavy atom. The SMILES string of the molecule is CC(C)n1ncc2c(C(=O)Nc3cccnc3-n3cccn3)cc(-c3cccs3)nc21. The van der Waals surface area contributed by atoms with Crippen LogP contribution in [0.25, 0.3) is 27.4 Å². The largest absolute Gasteiger partial charge is 0.319 e. The van der Waals surface area contributed by atoms with Crippen LogP contribution in [0.4, 0.5) is 5.69 Å². The van der Waals surface area contributed by atoms with Crippen molar-refractivity contribution >= 4 is 34.0 Å². The second kappa shape index (κ2) is 7.77. The van der Waals surface area contributed by atoms with Gasteiger partial charge in [0.05, 0.1) is 33.4 Å². The predicted molar refractivity (Wildman–Crippen MR) is 121 cm³/mol. The molecule has 5 heterocycles. The van der Waals surface area contributed by atoms with E-state index in [2.05, 4.69) is 20.5 Å². The third-order valence-electron chi connectivity index (χ3n) is 4.83. The first kappa shape index (κ1) is 19.1. The Morgan fingerprint density at radius 2 is 2.03 bits per heavy atom. The molecule has 0 saturated carbocycles. The van der Waals surface area contributed by atoms with E-state index in [-0.39, 0.29) is 11.9 Å². The first-order valence-corrected chi connectivity index (χ1v) is 10.7. The zero-order valence-electron chi connectivity index (χ0n) is 16.9. The zero-order chi connectivity index (χ0) is 21.4. The number of hydrogen-bond acceptors (Lipinski definition) is 6. The molecule has 0 atom stereocenters. The van der Waals surface area contributed by atoms with Gasteiger partial charge in [0.15, 0.2) is 11.5 Å². The van der Waals surface area contributed by atoms with E-state index in [0.717, 1.165) is 10.6 Å². The molecule has 5 rings (SSSR count). The molecule has 0 aliphatic heterocycles. The Morgan fingerprint density at radius 1 is 1.13 bits per heavy atom. The van der Waals surface area contributed by atoms with Gasteiger partial charge in [0.1, 0.15) is 0 Å². The molecule has 1 amide bonds. The van der Waals surface area contributed by atoms with E-state index in [1.165, 1.54) is 0 Å². The topological polar surface area (TPSA) is 90.5 Å². The van der Waals surface area contributed by atoms with Crippen LogP contribution in [0.15, 0.2) is 66.6 Å². The lowest BCUT2D eigenvalue weighted by Gasteiger charge is -2.12. The summed E-state index contributed by atoms with van der Waals surface area (Å²) in [5.41, 5.74) is 2.50. The van der Waals surface area contributed by atoms with E-state index < -0.39 is 0 Å². The van der Waals surface area contributed by atoms with Crippen LogP contribution in [0, 0.1) is 0 Å². The van der Waals surface area contributed by atoms with Gasteiger partial charge < -0.3 is 5.32 Å². The Balaban J connectivity index is 1.61. The summed E-state index contributed by atoms with van der Waals surface area (Å²) in [6, 6.07) is 11.3. The lowest BCUT2D eigenvalue weighted by Crippen LogP contribution is -2.15. The highest BCUT2D eigenvalue weighted by atomic mass is 32.1. The van der Waals surface area contributed by atoms with E-state index in [1.54, 1.807) is 59.0 Å². The number of anilines is 1. The summed E-state index contributed by atoms with van der Waals surface area (Å²) in [6.07, 6.45) is 6.82. The minimum atomic E-state index is -0.255. The molecule has 0 unspecified atom stereocenters. The molecule has 0 radical (unpaired) electrons. The van der Waals surface area contributed by atoms with Crippen LogP contribution in [0.5, 0.6) is 0 Å². The van der Waals surface area contributed by atoms with Gasteiger partial charge in [0.2, 0.25) is 0 Å². The van der Waals surface area contributed by atoms with Gasteiger partial charge in [0, 0.05) is 24.6 Å². The van der Waals surface area contributed by atoms with Gasteiger partial charge in [-0.3, -0.25) is 4.79 Å². The van der Waals surface area contributed by atoms with Crippen molar-refractivity contribution in [3.63, 3.8) is 0 Å². The van der Waals surface area contributed by atoms with Crippen molar-refractivity contribution in [1.29, 1.82) is 0 Å². The zero-order valence-corrected chi connectivity index (χ0v) is 17.7. The molecule has 0 bridgehead atoms. The second-order valence-electron chi connectivity index (χ2n) is 7.23. The normalized spacial score (nSPS) is 11.3. The summed E-state index contributed by atoms with van der Waals surface area (Å²) >= 11 is 1.58. The monoisotopic (exact) mass is 429 g/mol. The third-order valence-corrected chi connectivity index (χ3v) is 5.72. The van der Waals surface area contributed by atoms with Crippen molar-refractivity contribution in [2.45, 2.75) is 19.9 Å². The number of aromatic nitrogens is 6. The minimum absolute atomic E-state index is 0.115. The van der Waals surface area contributed by atoms with Gasteiger partial charge in [-0.25, -0.2) is 19.3 Å². The maximum absolute atomic E-state index is 13.4. The van der Waals surface area contributed by atoms with Crippen molar-refractivity contribution in [2.75, 3.05) is 5.32 Å². The van der Waals surface area contributed by atoms with Gasteiger partial charge in [0.25, 0.3) is 5.91 Å². The fourth-order valence-corrected chi connectivity index (χ4v) is 4.08. The Hall–Kier alpha value is -3.85. The van der Waals surface area contributed by atoms with Gasteiger partial charge in [-0.05, 0) is 49.6 Å². The molecule has 0 aromatic carbocycles. The van der Waals surface area contributed by atoms with Crippen LogP contribution >= 0.6 is 11.3 Å². The molecular weight excluding hydrogens is 410 g/mol. The minimum Gasteiger partial charge on any atom is -0.319 e. The molecule has 8 nitrogen and oxygen atoms in total. The summed E-state index contributed by atoms with van der Waals surface area (Å²) in [5.74, 6) is 0.289. The summed E-state index contributed by atoms with van der Waals surface area (Å²) < 4.78 is 3.45. The van der Waals surface area contributed by atoms with Crippen molar-refractivity contribution in [2.24, 2.45) is 0 Å². The van der Waals surface area contributed by atoms with Crippen molar-refractivity contribution in [3.05, 3.63) is 72.1 Å². The number of thiophene rings is 1. The van der Waals surface area contributed by atoms with Crippen LogP contribution in [-0.4, -0.2) is 35.4 Å². The molecule has 9 heteroatoms. The number of nitrogens with zero attached hydrogens (tertiary/aromatic N) is 6. The standard InChI is InChI=1S/C22H19N7OS/c1-14(2)29-20-16(13-25-29)15(12-18(26-20)19-7-4-11-31-19)22(30)27-17-6-3-8-23-21(17)28-10-5-9-24-28/h3-14H,1-2H3,(H,27,30). The lowest BCUT2D eigenvalue weighted by atomic mass is 10.1. The summed E-state index contributed by atoms with van der Waals surface area (Å²) in [7, 11) is 0. The molecule has 0 fully saturated rings. The number of hydrogen-bond donors (Lipinski definition) is 1. The van der Waals surface area contributed by atoms with E-state index >= 15 is 0 Å².